The number of hydrogen-bond acceptors (Lipinski definition) is 5. The Morgan fingerprint density at radius 1 is 1.21 bits per heavy atom. The number of ether oxygens (including phenoxy) is 1. The lowest BCUT2D eigenvalue weighted by molar-refractivity contribution is -0.137. The topological polar surface area (TPSA) is 114 Å². The van der Waals surface area contributed by atoms with Gasteiger partial charge < -0.3 is 20.3 Å². The number of amides is 1. The van der Waals surface area contributed by atoms with Gasteiger partial charge in [0.05, 0.1) is 25.3 Å². The maximum absolute atomic E-state index is 13.7. The third kappa shape index (κ3) is 4.52. The van der Waals surface area contributed by atoms with Gasteiger partial charge in [-0.05, 0) is 30.3 Å². The van der Waals surface area contributed by atoms with Crippen molar-refractivity contribution < 1.29 is 28.9 Å². The Balaban J connectivity index is 1.90. The Hall–Kier alpha value is -3.88. The van der Waals surface area contributed by atoms with Gasteiger partial charge in [-0.3, -0.25) is 9.59 Å². The lowest BCUT2D eigenvalue weighted by Crippen LogP contribution is -2.31. The summed E-state index contributed by atoms with van der Waals surface area (Å²) >= 11 is 0. The molecule has 150 valence electrons. The number of benzene rings is 2. The van der Waals surface area contributed by atoms with Crippen molar-refractivity contribution >= 4 is 11.9 Å². The highest BCUT2D eigenvalue weighted by Gasteiger charge is 2.24. The number of aromatic nitrogens is 2. The quantitative estimate of drug-likeness (QED) is 0.563. The predicted octanol–water partition coefficient (Wildman–Crippen LogP) is 2.67. The number of methoxy groups -OCH3 is 1. The minimum absolute atomic E-state index is 0.128. The molecule has 0 radical (unpaired) electrons. The van der Waals surface area contributed by atoms with E-state index in [4.69, 9.17) is 4.74 Å². The van der Waals surface area contributed by atoms with E-state index >= 15 is 0 Å². The Kier molecular flexibility index (Phi) is 5.77. The molecular formula is C20H18FN3O5. The van der Waals surface area contributed by atoms with E-state index in [0.29, 0.717) is 5.69 Å². The first-order chi connectivity index (χ1) is 13.9. The smallest absolute Gasteiger partial charge is 0.305 e. The van der Waals surface area contributed by atoms with Gasteiger partial charge in [-0.25, -0.2) is 9.07 Å². The number of nitrogens with zero attached hydrogens (tertiary/aromatic N) is 2. The number of carbonyl (C=O) groups is 2. The molecule has 3 aromatic rings. The third-order valence-corrected chi connectivity index (χ3v) is 4.18. The molecule has 29 heavy (non-hydrogen) atoms. The van der Waals surface area contributed by atoms with Crippen LogP contribution in [0.25, 0.3) is 5.69 Å². The third-order valence-electron chi connectivity index (χ3n) is 4.18. The average Bonchev–Trinajstić information content (AvgIpc) is 3.09. The molecule has 0 saturated carbocycles. The number of para-hydroxylation sites is 1. The predicted molar refractivity (Wildman–Crippen MR) is 101 cm³/mol. The van der Waals surface area contributed by atoms with Gasteiger partial charge in [-0.1, -0.05) is 18.2 Å². The zero-order chi connectivity index (χ0) is 21.0. The summed E-state index contributed by atoms with van der Waals surface area (Å²) in [6.07, 6.45) is -0.503. The van der Waals surface area contributed by atoms with Crippen molar-refractivity contribution in [3.8, 4) is 17.3 Å². The SMILES string of the molecule is COc1ccc(F)cc1C(CC(=O)O)NC(=O)c1cc(O)n(-c2ccccc2)n1. The number of aliphatic carboxylic acids is 1. The number of halogens is 1. The van der Waals surface area contributed by atoms with Crippen molar-refractivity contribution in [2.75, 3.05) is 7.11 Å². The number of carboxylic acid groups (broad SMARTS) is 1. The van der Waals surface area contributed by atoms with E-state index in [2.05, 4.69) is 10.4 Å². The Morgan fingerprint density at radius 2 is 1.93 bits per heavy atom. The molecule has 3 rings (SSSR count). The van der Waals surface area contributed by atoms with Crippen LogP contribution in [0.5, 0.6) is 11.6 Å². The number of nitrogens with one attached hydrogen (secondary N) is 1. The van der Waals surface area contributed by atoms with Crippen LogP contribution in [0.2, 0.25) is 0 Å². The minimum Gasteiger partial charge on any atom is -0.496 e. The van der Waals surface area contributed by atoms with E-state index in [1.807, 2.05) is 0 Å². The van der Waals surface area contributed by atoms with Gasteiger partial charge in [0.2, 0.25) is 5.88 Å². The van der Waals surface area contributed by atoms with E-state index in [-0.39, 0.29) is 22.9 Å². The molecule has 1 unspecified atom stereocenters. The maximum atomic E-state index is 13.7. The molecule has 8 nitrogen and oxygen atoms in total. The molecule has 1 atom stereocenters. The fourth-order valence-corrected chi connectivity index (χ4v) is 2.86. The van der Waals surface area contributed by atoms with Crippen molar-refractivity contribution in [2.24, 2.45) is 0 Å². The Labute approximate surface area is 165 Å². The summed E-state index contributed by atoms with van der Waals surface area (Å²) in [7, 11) is 1.36. The van der Waals surface area contributed by atoms with Crippen LogP contribution in [-0.2, 0) is 4.79 Å². The first-order valence-electron chi connectivity index (χ1n) is 8.59. The number of carboxylic acids is 1. The molecule has 0 aliphatic carbocycles. The van der Waals surface area contributed by atoms with E-state index in [0.717, 1.165) is 12.1 Å². The molecule has 0 saturated heterocycles. The van der Waals surface area contributed by atoms with Crippen LogP contribution in [0.4, 0.5) is 4.39 Å². The lowest BCUT2D eigenvalue weighted by Gasteiger charge is -2.19. The maximum Gasteiger partial charge on any atom is 0.305 e. The van der Waals surface area contributed by atoms with E-state index in [1.165, 1.54) is 23.9 Å². The second-order valence-electron chi connectivity index (χ2n) is 6.15. The lowest BCUT2D eigenvalue weighted by atomic mass is 10.0. The van der Waals surface area contributed by atoms with Gasteiger partial charge >= 0.3 is 5.97 Å². The summed E-state index contributed by atoms with van der Waals surface area (Å²) in [6, 6.07) is 12.4. The molecule has 1 amide bonds. The fourth-order valence-electron chi connectivity index (χ4n) is 2.86. The van der Waals surface area contributed by atoms with Gasteiger partial charge in [0, 0.05) is 11.6 Å². The zero-order valence-electron chi connectivity index (χ0n) is 15.4. The molecule has 0 aliphatic heterocycles. The highest BCUT2D eigenvalue weighted by atomic mass is 19.1. The molecule has 0 bridgehead atoms. The monoisotopic (exact) mass is 399 g/mol. The summed E-state index contributed by atoms with van der Waals surface area (Å²) < 4.78 is 20.1. The zero-order valence-corrected chi connectivity index (χ0v) is 15.4. The molecule has 0 fully saturated rings. The van der Waals surface area contributed by atoms with E-state index in [9.17, 15) is 24.2 Å². The summed E-state index contributed by atoms with van der Waals surface area (Å²) in [4.78, 5) is 23.9. The second-order valence-corrected chi connectivity index (χ2v) is 6.15. The van der Waals surface area contributed by atoms with Crippen LogP contribution >= 0.6 is 0 Å². The standard InChI is InChI=1S/C20H18FN3O5/c1-29-17-8-7-12(21)9-14(17)15(11-19(26)27)22-20(28)16-10-18(25)24(23-16)13-5-3-2-4-6-13/h2-10,15,25H,11H2,1H3,(H,22,28)(H,26,27). The normalized spacial score (nSPS) is 11.7. The largest absolute Gasteiger partial charge is 0.496 e. The van der Waals surface area contributed by atoms with Crippen molar-refractivity contribution in [1.82, 2.24) is 15.1 Å². The summed E-state index contributed by atoms with van der Waals surface area (Å²) in [5.74, 6) is -2.56. The van der Waals surface area contributed by atoms with Crippen LogP contribution in [0.15, 0.2) is 54.6 Å². The van der Waals surface area contributed by atoms with Crippen molar-refractivity contribution in [3.63, 3.8) is 0 Å². The summed E-state index contributed by atoms with van der Waals surface area (Å²) in [5, 5.41) is 25.9. The molecule has 1 aromatic heterocycles. The molecular weight excluding hydrogens is 381 g/mol. The summed E-state index contributed by atoms with van der Waals surface area (Å²) in [5.41, 5.74) is 0.588. The van der Waals surface area contributed by atoms with Gasteiger partial charge in [0.1, 0.15) is 11.6 Å². The Morgan fingerprint density at radius 3 is 2.59 bits per heavy atom. The van der Waals surface area contributed by atoms with Crippen molar-refractivity contribution in [2.45, 2.75) is 12.5 Å². The van der Waals surface area contributed by atoms with Gasteiger partial charge in [-0.15, -0.1) is 0 Å². The number of hydrogen-bond donors (Lipinski definition) is 3. The second kappa shape index (κ2) is 8.42. The highest BCUT2D eigenvalue weighted by Crippen LogP contribution is 2.29. The number of rotatable bonds is 7. The first kappa shape index (κ1) is 19.9. The van der Waals surface area contributed by atoms with Gasteiger partial charge in [-0.2, -0.15) is 5.10 Å². The minimum atomic E-state index is -1.20. The highest BCUT2D eigenvalue weighted by molar-refractivity contribution is 5.93. The van der Waals surface area contributed by atoms with Crippen LogP contribution in [0.1, 0.15) is 28.5 Å². The van der Waals surface area contributed by atoms with E-state index in [1.54, 1.807) is 30.3 Å². The number of carbonyl (C=O) groups excluding carboxylic acids is 1. The van der Waals surface area contributed by atoms with Gasteiger partial charge in [0.15, 0.2) is 5.69 Å². The molecule has 9 heteroatoms. The molecule has 1 heterocycles. The molecule has 0 aliphatic rings. The van der Waals surface area contributed by atoms with Crippen molar-refractivity contribution in [1.29, 1.82) is 0 Å². The van der Waals surface area contributed by atoms with Crippen molar-refractivity contribution in [3.05, 3.63) is 71.7 Å². The molecule has 2 aromatic carbocycles. The molecule has 3 N–H and O–H groups in total. The van der Waals surface area contributed by atoms with E-state index < -0.39 is 30.2 Å². The van der Waals surface area contributed by atoms with Crippen LogP contribution in [-0.4, -0.2) is 39.0 Å². The fraction of sp³-hybridized carbons (Fsp3) is 0.150. The van der Waals surface area contributed by atoms with Crippen LogP contribution in [0.3, 0.4) is 0 Å². The number of aromatic hydroxyl groups is 1. The van der Waals surface area contributed by atoms with Crippen LogP contribution < -0.4 is 10.1 Å². The van der Waals surface area contributed by atoms with Gasteiger partial charge in [0.25, 0.3) is 5.91 Å². The molecule has 0 spiro atoms. The van der Waals surface area contributed by atoms with Crippen LogP contribution in [0, 0.1) is 5.82 Å². The first-order valence-corrected chi connectivity index (χ1v) is 8.59. The average molecular weight is 399 g/mol. The summed E-state index contributed by atoms with van der Waals surface area (Å²) in [6.45, 7) is 0. The Bertz CT molecular complexity index is 1040.